The van der Waals surface area contributed by atoms with Crippen LogP contribution in [0.15, 0.2) is 48.5 Å². The molecule has 0 aliphatic carbocycles. The number of hydrogen-bond donors (Lipinski definition) is 2. The van der Waals surface area contributed by atoms with Crippen molar-refractivity contribution in [2.45, 2.75) is 0 Å². The van der Waals surface area contributed by atoms with E-state index >= 15 is 0 Å². The predicted octanol–water partition coefficient (Wildman–Crippen LogP) is 3.21. The second-order valence-corrected chi connectivity index (χ2v) is 5.24. The van der Waals surface area contributed by atoms with Crippen molar-refractivity contribution in [1.29, 1.82) is 5.26 Å². The molecule has 2 aromatic carbocycles. The number of anilines is 2. The molecule has 1 amide bonds. The summed E-state index contributed by atoms with van der Waals surface area (Å²) in [7, 11) is 0. The number of halogens is 1. The Morgan fingerprint density at radius 3 is 2.75 bits per heavy atom. The van der Waals surface area contributed by atoms with Gasteiger partial charge in [0.05, 0.1) is 23.9 Å². The average Bonchev–Trinajstić information content (AvgIpc) is 2.48. The summed E-state index contributed by atoms with van der Waals surface area (Å²) in [5, 5.41) is 14.6. The van der Waals surface area contributed by atoms with E-state index in [2.05, 4.69) is 39.3 Å². The SMILES string of the molecule is N#Cc1cccc(NCC(=O)Nc2ccccc2I)c1. The highest BCUT2D eigenvalue weighted by Gasteiger charge is 2.04. The first-order valence-corrected chi connectivity index (χ1v) is 7.05. The van der Waals surface area contributed by atoms with Crippen LogP contribution < -0.4 is 10.6 Å². The van der Waals surface area contributed by atoms with Crippen molar-refractivity contribution in [3.05, 3.63) is 57.7 Å². The third kappa shape index (κ3) is 3.96. The first kappa shape index (κ1) is 14.3. The first-order chi connectivity index (χ1) is 9.69. The molecule has 0 aliphatic heterocycles. The molecule has 2 aromatic rings. The second kappa shape index (κ2) is 6.91. The smallest absolute Gasteiger partial charge is 0.243 e. The lowest BCUT2D eigenvalue weighted by Gasteiger charge is -2.09. The maximum absolute atomic E-state index is 11.9. The summed E-state index contributed by atoms with van der Waals surface area (Å²) in [6, 6.07) is 16.7. The van der Waals surface area contributed by atoms with Crippen LogP contribution in [-0.2, 0) is 4.79 Å². The number of amides is 1. The number of para-hydroxylation sites is 1. The molecule has 0 heterocycles. The minimum absolute atomic E-state index is 0.128. The van der Waals surface area contributed by atoms with Crippen molar-refractivity contribution in [3.8, 4) is 6.07 Å². The molecule has 5 heteroatoms. The van der Waals surface area contributed by atoms with E-state index in [9.17, 15) is 4.79 Å². The Morgan fingerprint density at radius 1 is 1.20 bits per heavy atom. The van der Waals surface area contributed by atoms with Gasteiger partial charge in [-0.05, 0) is 52.9 Å². The minimum atomic E-state index is -0.128. The Kier molecular flexibility index (Phi) is 4.96. The third-order valence-electron chi connectivity index (χ3n) is 2.59. The molecule has 2 rings (SSSR count). The number of nitrogens with zero attached hydrogens (tertiary/aromatic N) is 1. The van der Waals surface area contributed by atoms with E-state index in [-0.39, 0.29) is 12.5 Å². The topological polar surface area (TPSA) is 64.9 Å². The van der Waals surface area contributed by atoms with Crippen molar-refractivity contribution in [3.63, 3.8) is 0 Å². The highest BCUT2D eigenvalue weighted by molar-refractivity contribution is 14.1. The Morgan fingerprint density at radius 2 is 2.00 bits per heavy atom. The number of nitriles is 1. The van der Waals surface area contributed by atoms with Crippen LogP contribution in [0.5, 0.6) is 0 Å². The zero-order valence-electron chi connectivity index (χ0n) is 10.6. The number of nitrogens with one attached hydrogen (secondary N) is 2. The second-order valence-electron chi connectivity index (χ2n) is 4.07. The van der Waals surface area contributed by atoms with E-state index in [1.54, 1.807) is 18.2 Å². The van der Waals surface area contributed by atoms with Crippen LogP contribution in [0.4, 0.5) is 11.4 Å². The maximum Gasteiger partial charge on any atom is 0.243 e. The summed E-state index contributed by atoms with van der Waals surface area (Å²) in [4.78, 5) is 11.9. The van der Waals surface area contributed by atoms with Gasteiger partial charge in [-0.2, -0.15) is 5.26 Å². The summed E-state index contributed by atoms with van der Waals surface area (Å²) in [5.74, 6) is -0.128. The van der Waals surface area contributed by atoms with Crippen molar-refractivity contribution in [2.24, 2.45) is 0 Å². The number of rotatable bonds is 4. The molecule has 100 valence electrons. The first-order valence-electron chi connectivity index (χ1n) is 5.97. The third-order valence-corrected chi connectivity index (χ3v) is 3.53. The molecular weight excluding hydrogens is 365 g/mol. The van der Waals surface area contributed by atoms with Crippen LogP contribution in [0.3, 0.4) is 0 Å². The molecule has 20 heavy (non-hydrogen) atoms. The number of benzene rings is 2. The van der Waals surface area contributed by atoms with Crippen LogP contribution in [0, 0.1) is 14.9 Å². The lowest BCUT2D eigenvalue weighted by molar-refractivity contribution is -0.114. The van der Waals surface area contributed by atoms with Crippen LogP contribution in [-0.4, -0.2) is 12.5 Å². The molecule has 0 saturated heterocycles. The molecule has 0 aromatic heterocycles. The molecule has 0 fully saturated rings. The molecular formula is C15H12IN3O. The molecule has 0 unspecified atom stereocenters. The van der Waals surface area contributed by atoms with Gasteiger partial charge in [-0.15, -0.1) is 0 Å². The molecule has 0 saturated carbocycles. The Bertz CT molecular complexity index is 664. The Hall–Kier alpha value is -2.07. The van der Waals surface area contributed by atoms with Gasteiger partial charge in [-0.25, -0.2) is 0 Å². The zero-order valence-corrected chi connectivity index (χ0v) is 12.7. The fourth-order valence-corrected chi connectivity index (χ4v) is 2.16. The highest BCUT2D eigenvalue weighted by atomic mass is 127. The van der Waals surface area contributed by atoms with Gasteiger partial charge < -0.3 is 10.6 Å². The normalized spacial score (nSPS) is 9.60. The van der Waals surface area contributed by atoms with Crippen molar-refractivity contribution < 1.29 is 4.79 Å². The lowest BCUT2D eigenvalue weighted by atomic mass is 10.2. The fraction of sp³-hybridized carbons (Fsp3) is 0.0667. The quantitative estimate of drug-likeness (QED) is 0.805. The van der Waals surface area contributed by atoms with Gasteiger partial charge in [0.25, 0.3) is 0 Å². The van der Waals surface area contributed by atoms with E-state index in [4.69, 9.17) is 5.26 Å². The van der Waals surface area contributed by atoms with Gasteiger partial charge in [0.1, 0.15) is 0 Å². The van der Waals surface area contributed by atoms with Crippen molar-refractivity contribution in [1.82, 2.24) is 0 Å². The van der Waals surface area contributed by atoms with Crippen LogP contribution in [0.2, 0.25) is 0 Å². The summed E-state index contributed by atoms with van der Waals surface area (Å²) in [5.41, 5.74) is 2.11. The van der Waals surface area contributed by atoms with Gasteiger partial charge in [0, 0.05) is 9.26 Å². The van der Waals surface area contributed by atoms with Gasteiger partial charge in [-0.1, -0.05) is 18.2 Å². The molecule has 0 aliphatic rings. The predicted molar refractivity (Wildman–Crippen MR) is 87.4 cm³/mol. The monoisotopic (exact) mass is 377 g/mol. The van der Waals surface area contributed by atoms with Gasteiger partial charge in [0.15, 0.2) is 0 Å². The van der Waals surface area contributed by atoms with Gasteiger partial charge >= 0.3 is 0 Å². The largest absolute Gasteiger partial charge is 0.376 e. The van der Waals surface area contributed by atoms with Crippen LogP contribution in [0.25, 0.3) is 0 Å². The van der Waals surface area contributed by atoms with Crippen LogP contribution >= 0.6 is 22.6 Å². The Balaban J connectivity index is 1.93. The molecule has 4 nitrogen and oxygen atoms in total. The molecule has 0 radical (unpaired) electrons. The molecule has 0 spiro atoms. The zero-order chi connectivity index (χ0) is 14.4. The average molecular weight is 377 g/mol. The van der Waals surface area contributed by atoms with E-state index < -0.39 is 0 Å². The molecule has 2 N–H and O–H groups in total. The molecule has 0 bridgehead atoms. The van der Waals surface area contributed by atoms with Gasteiger partial charge in [-0.3, -0.25) is 4.79 Å². The van der Waals surface area contributed by atoms with E-state index in [1.165, 1.54) is 0 Å². The van der Waals surface area contributed by atoms with Crippen molar-refractivity contribution >= 4 is 39.9 Å². The van der Waals surface area contributed by atoms with E-state index in [0.717, 1.165) is 14.9 Å². The number of hydrogen-bond acceptors (Lipinski definition) is 3. The highest BCUT2D eigenvalue weighted by Crippen LogP contribution is 2.16. The van der Waals surface area contributed by atoms with E-state index in [0.29, 0.717) is 5.56 Å². The summed E-state index contributed by atoms with van der Waals surface area (Å²) in [6.45, 7) is 0.153. The van der Waals surface area contributed by atoms with Crippen molar-refractivity contribution in [2.75, 3.05) is 17.2 Å². The number of carbonyl (C=O) groups is 1. The fourth-order valence-electron chi connectivity index (χ4n) is 1.64. The minimum Gasteiger partial charge on any atom is -0.376 e. The lowest BCUT2D eigenvalue weighted by Crippen LogP contribution is -2.22. The number of carbonyl (C=O) groups excluding carboxylic acids is 1. The van der Waals surface area contributed by atoms with Gasteiger partial charge in [0.2, 0.25) is 5.91 Å². The summed E-state index contributed by atoms with van der Waals surface area (Å²) in [6.07, 6.45) is 0. The Labute approximate surface area is 130 Å². The van der Waals surface area contributed by atoms with E-state index in [1.807, 2.05) is 30.3 Å². The molecule has 0 atom stereocenters. The summed E-state index contributed by atoms with van der Waals surface area (Å²) < 4.78 is 0.991. The van der Waals surface area contributed by atoms with Crippen LogP contribution in [0.1, 0.15) is 5.56 Å². The summed E-state index contributed by atoms with van der Waals surface area (Å²) >= 11 is 2.17. The standard InChI is InChI=1S/C15H12IN3O/c16-13-6-1-2-7-14(13)19-15(20)10-18-12-5-3-4-11(8-12)9-17/h1-8,18H,10H2,(H,19,20). The maximum atomic E-state index is 11.9.